The van der Waals surface area contributed by atoms with Crippen molar-refractivity contribution in [1.82, 2.24) is 15.3 Å². The summed E-state index contributed by atoms with van der Waals surface area (Å²) in [5.74, 6) is -0.561. The van der Waals surface area contributed by atoms with Gasteiger partial charge in [0.1, 0.15) is 11.6 Å². The van der Waals surface area contributed by atoms with E-state index in [4.69, 9.17) is 9.47 Å². The number of rotatable bonds is 8. The Balaban J connectivity index is 1.68. The van der Waals surface area contributed by atoms with Gasteiger partial charge in [0.25, 0.3) is 0 Å². The zero-order chi connectivity index (χ0) is 28.9. The molecule has 206 valence electrons. The van der Waals surface area contributed by atoms with Crippen LogP contribution in [0.4, 0.5) is 10.5 Å². The number of anilines is 1. The first kappa shape index (κ1) is 28.2. The molecule has 0 aliphatic carbocycles. The fourth-order valence-corrected chi connectivity index (χ4v) is 4.41. The fraction of sp³-hybridized carbons (Fsp3) is 0.290. The van der Waals surface area contributed by atoms with E-state index >= 15 is 0 Å². The van der Waals surface area contributed by atoms with Gasteiger partial charge >= 0.3 is 12.1 Å². The lowest BCUT2D eigenvalue weighted by Gasteiger charge is -2.27. The van der Waals surface area contributed by atoms with E-state index in [0.717, 1.165) is 33.3 Å². The summed E-state index contributed by atoms with van der Waals surface area (Å²) in [6, 6.07) is 17.5. The van der Waals surface area contributed by atoms with Crippen LogP contribution in [0.1, 0.15) is 42.4 Å². The second kappa shape index (κ2) is 11.9. The molecule has 40 heavy (non-hydrogen) atoms. The highest BCUT2D eigenvalue weighted by Crippen LogP contribution is 2.27. The van der Waals surface area contributed by atoms with Gasteiger partial charge in [-0.2, -0.15) is 5.26 Å². The van der Waals surface area contributed by atoms with Crippen molar-refractivity contribution in [2.24, 2.45) is 0 Å². The van der Waals surface area contributed by atoms with Crippen LogP contribution >= 0.6 is 0 Å². The maximum Gasteiger partial charge on any atom is 0.407 e. The van der Waals surface area contributed by atoms with Gasteiger partial charge in [0.05, 0.1) is 24.8 Å². The number of amides is 1. The van der Waals surface area contributed by atoms with Crippen LogP contribution in [0.15, 0.2) is 67.0 Å². The van der Waals surface area contributed by atoms with Crippen molar-refractivity contribution in [3.63, 3.8) is 0 Å². The van der Waals surface area contributed by atoms with Crippen molar-refractivity contribution < 1.29 is 19.1 Å². The van der Waals surface area contributed by atoms with Gasteiger partial charge in [-0.15, -0.1) is 0 Å². The van der Waals surface area contributed by atoms with E-state index in [-0.39, 0.29) is 5.56 Å². The number of aromatic amines is 1. The molecular formula is C31H33N5O4. The predicted octanol–water partition coefficient (Wildman–Crippen LogP) is 5.77. The third kappa shape index (κ3) is 6.77. The number of alkyl carbamates (subject to hydrolysis) is 1. The summed E-state index contributed by atoms with van der Waals surface area (Å²) in [5.41, 5.74) is 4.30. The van der Waals surface area contributed by atoms with Gasteiger partial charge in [-0.3, -0.25) is 4.98 Å². The molecule has 1 unspecified atom stereocenters. The summed E-state index contributed by atoms with van der Waals surface area (Å²) >= 11 is 0. The van der Waals surface area contributed by atoms with Gasteiger partial charge in [-0.05, 0) is 69.5 Å². The van der Waals surface area contributed by atoms with Gasteiger partial charge in [0.2, 0.25) is 0 Å². The normalized spacial score (nSPS) is 12.7. The standard InChI is InChI=1S/C31H33N5O4/c1-19-10-11-21(17-33-19)20-12-13-26(24(14-20)29(37)39-5)35-28(16-32)27(36-30(38)40-31(2,3)4)15-22-18-34-25-9-7-6-8-23(22)25/h6-14,17-18,27-28,34-35H,15H2,1-5H3,(H,36,38)/t27-,28?/m0/s1. The number of hydrogen-bond donors (Lipinski definition) is 3. The molecule has 0 spiro atoms. The number of ether oxygens (including phenoxy) is 2. The van der Waals surface area contributed by atoms with E-state index in [9.17, 15) is 14.9 Å². The number of fused-ring (bicyclic) bond motifs is 1. The van der Waals surface area contributed by atoms with E-state index in [0.29, 0.717) is 12.1 Å². The van der Waals surface area contributed by atoms with Gasteiger partial charge in [-0.1, -0.05) is 30.3 Å². The summed E-state index contributed by atoms with van der Waals surface area (Å²) in [7, 11) is 1.30. The number of nitriles is 1. The molecule has 0 radical (unpaired) electrons. The Kier molecular flexibility index (Phi) is 8.39. The SMILES string of the molecule is COC(=O)c1cc(-c2ccc(C)nc2)ccc1NC(C#N)[C@H](Cc1c[nH]c2ccccc12)NC(=O)OC(C)(C)C. The molecule has 1 amide bonds. The number of H-pyrrole nitrogens is 1. The number of aryl methyl sites for hydroxylation is 1. The highest BCUT2D eigenvalue weighted by atomic mass is 16.6. The molecule has 0 fully saturated rings. The minimum Gasteiger partial charge on any atom is -0.465 e. The molecule has 0 saturated carbocycles. The topological polar surface area (TPSA) is 129 Å². The quantitative estimate of drug-likeness (QED) is 0.243. The van der Waals surface area contributed by atoms with E-state index < -0.39 is 29.7 Å². The van der Waals surface area contributed by atoms with Gasteiger partial charge in [-0.25, -0.2) is 9.59 Å². The van der Waals surface area contributed by atoms with Crippen molar-refractivity contribution >= 4 is 28.7 Å². The minimum absolute atomic E-state index is 0.254. The Morgan fingerprint density at radius 1 is 1.10 bits per heavy atom. The van der Waals surface area contributed by atoms with E-state index in [1.54, 1.807) is 39.1 Å². The Morgan fingerprint density at radius 2 is 1.85 bits per heavy atom. The molecule has 2 aromatic heterocycles. The maximum absolute atomic E-state index is 12.8. The van der Waals surface area contributed by atoms with E-state index in [2.05, 4.69) is 26.7 Å². The zero-order valence-electron chi connectivity index (χ0n) is 23.2. The molecule has 0 aliphatic heterocycles. The molecule has 2 aromatic carbocycles. The van der Waals surface area contributed by atoms with E-state index in [1.807, 2.05) is 55.6 Å². The Hall–Kier alpha value is -4.84. The fourth-order valence-electron chi connectivity index (χ4n) is 4.41. The third-order valence-corrected chi connectivity index (χ3v) is 6.34. The summed E-state index contributed by atoms with van der Waals surface area (Å²) in [6.07, 6.45) is 3.29. The lowest BCUT2D eigenvalue weighted by molar-refractivity contribution is 0.0501. The van der Waals surface area contributed by atoms with Crippen LogP contribution < -0.4 is 10.6 Å². The molecule has 0 saturated heterocycles. The molecule has 0 aliphatic rings. The van der Waals surface area contributed by atoms with Gasteiger partial charge < -0.3 is 25.1 Å². The van der Waals surface area contributed by atoms with Gasteiger partial charge in [0.15, 0.2) is 0 Å². The minimum atomic E-state index is -0.920. The number of esters is 1. The summed E-state index contributed by atoms with van der Waals surface area (Å²) < 4.78 is 10.5. The summed E-state index contributed by atoms with van der Waals surface area (Å²) in [5, 5.41) is 17.3. The van der Waals surface area contributed by atoms with Crippen LogP contribution in [0.5, 0.6) is 0 Å². The smallest absolute Gasteiger partial charge is 0.407 e. The van der Waals surface area contributed by atoms with Crippen LogP contribution in [-0.2, 0) is 15.9 Å². The number of benzene rings is 2. The second-order valence-corrected chi connectivity index (χ2v) is 10.5. The lowest BCUT2D eigenvalue weighted by atomic mass is 9.98. The number of nitrogens with one attached hydrogen (secondary N) is 3. The number of pyridine rings is 1. The molecule has 2 atom stereocenters. The van der Waals surface area contributed by atoms with Crippen LogP contribution in [-0.4, -0.2) is 46.8 Å². The number of aromatic nitrogens is 2. The summed E-state index contributed by atoms with van der Waals surface area (Å²) in [6.45, 7) is 7.22. The Morgan fingerprint density at radius 3 is 2.52 bits per heavy atom. The number of nitrogens with zero attached hydrogens (tertiary/aromatic N) is 2. The van der Waals surface area contributed by atoms with Crippen LogP contribution in [0.25, 0.3) is 22.0 Å². The number of carbonyl (C=O) groups is 2. The van der Waals surface area contributed by atoms with Crippen molar-refractivity contribution in [1.29, 1.82) is 5.26 Å². The first-order chi connectivity index (χ1) is 19.1. The molecule has 2 heterocycles. The number of carbonyl (C=O) groups excluding carboxylic acids is 2. The number of methoxy groups -OCH3 is 1. The van der Waals surface area contributed by atoms with Crippen LogP contribution in [0.2, 0.25) is 0 Å². The van der Waals surface area contributed by atoms with Crippen molar-refractivity contribution in [3.8, 4) is 17.2 Å². The largest absolute Gasteiger partial charge is 0.465 e. The Labute approximate surface area is 233 Å². The maximum atomic E-state index is 12.8. The molecule has 9 heteroatoms. The molecule has 3 N–H and O–H groups in total. The van der Waals surface area contributed by atoms with Crippen molar-refractivity contribution in [2.45, 2.75) is 51.8 Å². The monoisotopic (exact) mass is 539 g/mol. The average molecular weight is 540 g/mol. The first-order valence-corrected chi connectivity index (χ1v) is 12.9. The second-order valence-electron chi connectivity index (χ2n) is 10.5. The lowest BCUT2D eigenvalue weighted by Crippen LogP contribution is -2.49. The zero-order valence-corrected chi connectivity index (χ0v) is 23.2. The van der Waals surface area contributed by atoms with E-state index in [1.165, 1.54) is 7.11 Å². The molecular weight excluding hydrogens is 506 g/mol. The Bertz CT molecular complexity index is 1550. The van der Waals surface area contributed by atoms with Gasteiger partial charge in [0, 0.05) is 40.2 Å². The molecule has 4 aromatic rings. The number of hydrogen-bond acceptors (Lipinski definition) is 7. The summed E-state index contributed by atoms with van der Waals surface area (Å²) in [4.78, 5) is 33.2. The average Bonchev–Trinajstić information content (AvgIpc) is 3.33. The van der Waals surface area contributed by atoms with Crippen LogP contribution in [0, 0.1) is 18.3 Å². The highest BCUT2D eigenvalue weighted by Gasteiger charge is 2.28. The highest BCUT2D eigenvalue weighted by molar-refractivity contribution is 5.97. The number of para-hydroxylation sites is 1. The molecule has 9 nitrogen and oxygen atoms in total. The first-order valence-electron chi connectivity index (χ1n) is 12.9. The van der Waals surface area contributed by atoms with Crippen molar-refractivity contribution in [3.05, 3.63) is 83.8 Å². The third-order valence-electron chi connectivity index (χ3n) is 6.34. The molecule has 4 rings (SSSR count). The molecule has 0 bridgehead atoms. The van der Waals surface area contributed by atoms with Crippen LogP contribution in [0.3, 0.4) is 0 Å². The van der Waals surface area contributed by atoms with Crippen molar-refractivity contribution in [2.75, 3.05) is 12.4 Å². The predicted molar refractivity (Wildman–Crippen MR) is 154 cm³/mol.